The predicted octanol–water partition coefficient (Wildman–Crippen LogP) is -0.195. The number of benzene rings is 1. The molecular weight excluding hydrogens is 165 g/mol. The summed E-state index contributed by atoms with van der Waals surface area (Å²) in [6.07, 6.45) is 3.97. The van der Waals surface area contributed by atoms with Crippen LogP contribution in [0.15, 0.2) is 24.3 Å². The van der Waals surface area contributed by atoms with E-state index < -0.39 is 7.12 Å². The number of anilines is 1. The third-order valence-corrected chi connectivity index (χ3v) is 2.10. The summed E-state index contributed by atoms with van der Waals surface area (Å²) >= 11 is 0. The van der Waals surface area contributed by atoms with Gasteiger partial charge in [-0.1, -0.05) is 30.4 Å². The van der Waals surface area contributed by atoms with Gasteiger partial charge in [0.2, 0.25) is 0 Å². The highest BCUT2D eigenvalue weighted by molar-refractivity contribution is 6.60. The van der Waals surface area contributed by atoms with E-state index in [4.69, 9.17) is 10.0 Å². The summed E-state index contributed by atoms with van der Waals surface area (Å²) in [6, 6.07) is 5.45. The van der Waals surface area contributed by atoms with Gasteiger partial charge in [0.1, 0.15) is 0 Å². The summed E-state index contributed by atoms with van der Waals surface area (Å²) in [5.41, 5.74) is 2.35. The SMILES string of the molecule is OB(O)c1cccc2c1NCC=C2. The van der Waals surface area contributed by atoms with Crippen LogP contribution in [-0.4, -0.2) is 23.7 Å². The maximum atomic E-state index is 9.07. The Labute approximate surface area is 76.9 Å². The lowest BCUT2D eigenvalue weighted by Gasteiger charge is -2.16. The minimum atomic E-state index is -1.41. The van der Waals surface area contributed by atoms with E-state index >= 15 is 0 Å². The van der Waals surface area contributed by atoms with Crippen molar-refractivity contribution in [3.05, 3.63) is 29.8 Å². The van der Waals surface area contributed by atoms with Crippen LogP contribution in [0.1, 0.15) is 5.56 Å². The van der Waals surface area contributed by atoms with Gasteiger partial charge in [-0.2, -0.15) is 0 Å². The van der Waals surface area contributed by atoms with Crippen LogP contribution in [0.4, 0.5) is 5.69 Å². The van der Waals surface area contributed by atoms with E-state index in [2.05, 4.69) is 5.32 Å². The Kier molecular flexibility index (Phi) is 2.08. The zero-order valence-electron chi connectivity index (χ0n) is 7.07. The van der Waals surface area contributed by atoms with Crippen LogP contribution in [0.5, 0.6) is 0 Å². The van der Waals surface area contributed by atoms with Crippen molar-refractivity contribution in [2.45, 2.75) is 0 Å². The average Bonchev–Trinajstić information content (AvgIpc) is 2.17. The minimum absolute atomic E-state index is 0.529. The van der Waals surface area contributed by atoms with Crippen LogP contribution in [0.25, 0.3) is 6.08 Å². The Morgan fingerprint density at radius 3 is 2.92 bits per heavy atom. The highest BCUT2D eigenvalue weighted by Gasteiger charge is 2.18. The molecular formula is C9H10BNO2. The maximum Gasteiger partial charge on any atom is 0.490 e. The standard InChI is InChI=1S/C9H10BNO2/c12-10(13)8-5-1-3-7-4-2-6-11-9(7)8/h1-5,11-13H,6H2. The van der Waals surface area contributed by atoms with E-state index in [0.717, 1.165) is 17.8 Å². The van der Waals surface area contributed by atoms with Crippen LogP contribution < -0.4 is 10.8 Å². The topological polar surface area (TPSA) is 52.5 Å². The third-order valence-electron chi connectivity index (χ3n) is 2.10. The van der Waals surface area contributed by atoms with Crippen LogP contribution in [0.2, 0.25) is 0 Å². The van der Waals surface area contributed by atoms with E-state index in [1.807, 2.05) is 24.3 Å². The lowest BCUT2D eigenvalue weighted by molar-refractivity contribution is 0.426. The zero-order chi connectivity index (χ0) is 9.26. The first-order valence-electron chi connectivity index (χ1n) is 4.18. The summed E-state index contributed by atoms with van der Waals surface area (Å²) in [4.78, 5) is 0. The van der Waals surface area contributed by atoms with Gasteiger partial charge in [-0.15, -0.1) is 0 Å². The van der Waals surface area contributed by atoms with Crippen molar-refractivity contribution >= 4 is 24.3 Å². The summed E-state index contributed by atoms with van der Waals surface area (Å²) in [5.74, 6) is 0. The average molecular weight is 175 g/mol. The Bertz CT molecular complexity index is 349. The molecule has 0 saturated carbocycles. The fourth-order valence-corrected chi connectivity index (χ4v) is 1.49. The molecule has 0 spiro atoms. The quantitative estimate of drug-likeness (QED) is 0.518. The smallest absolute Gasteiger partial charge is 0.423 e. The van der Waals surface area contributed by atoms with Crippen molar-refractivity contribution in [3.63, 3.8) is 0 Å². The number of rotatable bonds is 1. The maximum absolute atomic E-state index is 9.07. The van der Waals surface area contributed by atoms with Gasteiger partial charge in [0, 0.05) is 17.7 Å². The molecule has 1 heterocycles. The molecule has 0 bridgehead atoms. The molecule has 0 saturated heterocycles. The Morgan fingerprint density at radius 2 is 2.15 bits per heavy atom. The molecule has 0 fully saturated rings. The summed E-state index contributed by atoms with van der Waals surface area (Å²) in [6.45, 7) is 0.733. The molecule has 66 valence electrons. The predicted molar refractivity (Wildman–Crippen MR) is 53.8 cm³/mol. The zero-order valence-corrected chi connectivity index (χ0v) is 7.07. The first kappa shape index (κ1) is 8.35. The van der Waals surface area contributed by atoms with Gasteiger partial charge in [-0.3, -0.25) is 0 Å². The number of hydrogen-bond donors (Lipinski definition) is 3. The molecule has 0 aliphatic carbocycles. The van der Waals surface area contributed by atoms with Crippen molar-refractivity contribution in [1.82, 2.24) is 0 Å². The second-order valence-corrected chi connectivity index (χ2v) is 2.97. The lowest BCUT2D eigenvalue weighted by Crippen LogP contribution is -2.33. The van der Waals surface area contributed by atoms with Crippen molar-refractivity contribution in [2.24, 2.45) is 0 Å². The largest absolute Gasteiger partial charge is 0.490 e. The monoisotopic (exact) mass is 175 g/mol. The van der Waals surface area contributed by atoms with Crippen molar-refractivity contribution < 1.29 is 10.0 Å². The van der Waals surface area contributed by atoms with Gasteiger partial charge in [0.25, 0.3) is 0 Å². The molecule has 0 amide bonds. The summed E-state index contributed by atoms with van der Waals surface area (Å²) in [7, 11) is -1.41. The van der Waals surface area contributed by atoms with E-state index in [1.165, 1.54) is 0 Å². The normalized spacial score (nSPS) is 13.4. The second-order valence-electron chi connectivity index (χ2n) is 2.97. The van der Waals surface area contributed by atoms with E-state index in [9.17, 15) is 0 Å². The van der Waals surface area contributed by atoms with Crippen LogP contribution >= 0.6 is 0 Å². The Balaban J connectivity index is 2.53. The van der Waals surface area contributed by atoms with E-state index in [-0.39, 0.29) is 0 Å². The molecule has 3 N–H and O–H groups in total. The highest BCUT2D eigenvalue weighted by Crippen LogP contribution is 2.17. The van der Waals surface area contributed by atoms with Gasteiger partial charge in [0.15, 0.2) is 0 Å². The molecule has 1 aromatic rings. The van der Waals surface area contributed by atoms with Gasteiger partial charge >= 0.3 is 7.12 Å². The lowest BCUT2D eigenvalue weighted by atomic mass is 9.77. The van der Waals surface area contributed by atoms with E-state index in [1.54, 1.807) is 6.07 Å². The minimum Gasteiger partial charge on any atom is -0.423 e. The van der Waals surface area contributed by atoms with Gasteiger partial charge in [0.05, 0.1) is 0 Å². The van der Waals surface area contributed by atoms with Gasteiger partial charge in [-0.25, -0.2) is 0 Å². The van der Waals surface area contributed by atoms with Crippen LogP contribution in [0.3, 0.4) is 0 Å². The Hall–Kier alpha value is -1.26. The molecule has 13 heavy (non-hydrogen) atoms. The second kappa shape index (κ2) is 3.24. The molecule has 0 atom stereocenters. The molecule has 4 heteroatoms. The van der Waals surface area contributed by atoms with Crippen molar-refractivity contribution in [3.8, 4) is 0 Å². The molecule has 3 nitrogen and oxygen atoms in total. The van der Waals surface area contributed by atoms with Crippen molar-refractivity contribution in [1.29, 1.82) is 0 Å². The van der Waals surface area contributed by atoms with Crippen LogP contribution in [-0.2, 0) is 0 Å². The fourth-order valence-electron chi connectivity index (χ4n) is 1.49. The Morgan fingerprint density at radius 1 is 1.31 bits per heavy atom. The molecule has 1 aromatic carbocycles. The molecule has 0 aromatic heterocycles. The molecule has 0 unspecified atom stereocenters. The van der Waals surface area contributed by atoms with Crippen LogP contribution in [0, 0.1) is 0 Å². The van der Waals surface area contributed by atoms with Gasteiger partial charge < -0.3 is 15.4 Å². The molecule has 1 aliphatic rings. The van der Waals surface area contributed by atoms with Crippen molar-refractivity contribution in [2.75, 3.05) is 11.9 Å². The van der Waals surface area contributed by atoms with E-state index in [0.29, 0.717) is 5.46 Å². The number of para-hydroxylation sites is 1. The summed E-state index contributed by atoms with van der Waals surface area (Å²) < 4.78 is 0. The first-order chi connectivity index (χ1) is 6.29. The molecule has 0 radical (unpaired) electrons. The highest BCUT2D eigenvalue weighted by atomic mass is 16.4. The third kappa shape index (κ3) is 1.46. The molecule has 2 rings (SSSR count). The molecule has 1 aliphatic heterocycles. The number of nitrogens with one attached hydrogen (secondary N) is 1. The number of fused-ring (bicyclic) bond motifs is 1. The van der Waals surface area contributed by atoms with Gasteiger partial charge in [-0.05, 0) is 5.56 Å². The fraction of sp³-hybridized carbons (Fsp3) is 0.111. The first-order valence-corrected chi connectivity index (χ1v) is 4.18. The summed E-state index contributed by atoms with van der Waals surface area (Å²) in [5, 5.41) is 21.2. The number of hydrogen-bond acceptors (Lipinski definition) is 3.